The fraction of sp³-hybridized carbons (Fsp3) is 0.833. The molecule has 11 heavy (non-hydrogen) atoms. The smallest absolute Gasteiger partial charge is 0.220 e. The highest BCUT2D eigenvalue weighted by molar-refractivity contribution is 5.85. The summed E-state index contributed by atoms with van der Waals surface area (Å²) >= 11 is 0. The van der Waals surface area contributed by atoms with E-state index in [1.165, 1.54) is 0 Å². The van der Waals surface area contributed by atoms with Crippen LogP contribution in [0.2, 0.25) is 0 Å². The van der Waals surface area contributed by atoms with Crippen LogP contribution in [0.3, 0.4) is 0 Å². The summed E-state index contributed by atoms with van der Waals surface area (Å²) in [4.78, 5) is 10.6. The zero-order chi connectivity index (χ0) is 6.69. The van der Waals surface area contributed by atoms with Crippen LogP contribution in [-0.4, -0.2) is 25.5 Å². The van der Waals surface area contributed by atoms with Crippen LogP contribution in [0.1, 0.15) is 12.8 Å². The van der Waals surface area contributed by atoms with E-state index in [2.05, 4.69) is 10.6 Å². The average molecular weight is 201 g/mol. The van der Waals surface area contributed by atoms with Crippen molar-refractivity contribution in [2.24, 2.45) is 0 Å². The number of hydrogen-bond acceptors (Lipinski definition) is 2. The van der Waals surface area contributed by atoms with Gasteiger partial charge >= 0.3 is 0 Å². The van der Waals surface area contributed by atoms with Gasteiger partial charge in [-0.25, -0.2) is 0 Å². The summed E-state index contributed by atoms with van der Waals surface area (Å²) in [7, 11) is 1.92. The van der Waals surface area contributed by atoms with Crippen LogP contribution in [0.5, 0.6) is 0 Å². The predicted molar refractivity (Wildman–Crippen MR) is 49.6 cm³/mol. The summed E-state index contributed by atoms with van der Waals surface area (Å²) < 4.78 is 0. The van der Waals surface area contributed by atoms with E-state index in [9.17, 15) is 4.79 Å². The summed E-state index contributed by atoms with van der Waals surface area (Å²) in [5, 5.41) is 5.89. The predicted octanol–water partition coefficient (Wildman–Crippen LogP) is 0.328. The second-order valence-corrected chi connectivity index (χ2v) is 2.33. The van der Waals surface area contributed by atoms with Crippen LogP contribution >= 0.6 is 24.8 Å². The van der Waals surface area contributed by atoms with Gasteiger partial charge in [-0.1, -0.05) is 0 Å². The molecule has 1 fully saturated rings. The summed E-state index contributed by atoms with van der Waals surface area (Å²) in [6.45, 7) is 0.787. The Labute approximate surface area is 79.1 Å². The lowest BCUT2D eigenvalue weighted by atomic mass is 10.1. The number of amides is 1. The number of piperidine rings is 1. The first-order valence-electron chi connectivity index (χ1n) is 3.27. The maximum absolute atomic E-state index is 10.6. The van der Waals surface area contributed by atoms with Gasteiger partial charge in [-0.2, -0.15) is 0 Å². The van der Waals surface area contributed by atoms with Gasteiger partial charge in [0.05, 0.1) is 0 Å². The van der Waals surface area contributed by atoms with Crippen LogP contribution in [0.25, 0.3) is 0 Å². The second-order valence-electron chi connectivity index (χ2n) is 2.33. The largest absolute Gasteiger partial charge is 0.355 e. The first-order valence-corrected chi connectivity index (χ1v) is 3.27. The highest BCUT2D eigenvalue weighted by atomic mass is 35.5. The van der Waals surface area contributed by atoms with Crippen molar-refractivity contribution in [1.29, 1.82) is 0 Å². The lowest BCUT2D eigenvalue weighted by Gasteiger charge is -2.21. The van der Waals surface area contributed by atoms with Gasteiger partial charge in [-0.05, 0) is 13.5 Å². The minimum Gasteiger partial charge on any atom is -0.355 e. The molecule has 2 N–H and O–H groups in total. The summed E-state index contributed by atoms with van der Waals surface area (Å²) in [6.07, 6.45) is 1.65. The Bertz CT molecular complexity index is 111. The Morgan fingerprint density at radius 2 is 2.18 bits per heavy atom. The molecule has 1 saturated heterocycles. The van der Waals surface area contributed by atoms with Gasteiger partial charge in [0.1, 0.15) is 0 Å². The van der Waals surface area contributed by atoms with E-state index in [1.807, 2.05) is 7.05 Å². The van der Waals surface area contributed by atoms with Crippen molar-refractivity contribution < 1.29 is 4.79 Å². The Morgan fingerprint density at radius 3 is 2.55 bits per heavy atom. The van der Waals surface area contributed by atoms with E-state index < -0.39 is 0 Å². The number of likely N-dealkylation sites (N-methyl/N-ethyl adjacent to an activating group) is 1. The Hall–Kier alpha value is 0.01000. The standard InChI is InChI=1S/C6H12N2O.2ClH/c1-7-5-2-3-6(9)8-4-5;;/h5,7H,2-4H2,1H3,(H,8,9);2*1H. The number of hydrogen-bond donors (Lipinski definition) is 2. The van der Waals surface area contributed by atoms with Crippen LogP contribution in [-0.2, 0) is 4.79 Å². The van der Waals surface area contributed by atoms with Crippen LogP contribution in [0.4, 0.5) is 0 Å². The van der Waals surface area contributed by atoms with Crippen LogP contribution < -0.4 is 10.6 Å². The molecule has 1 unspecified atom stereocenters. The molecule has 1 atom stereocenters. The zero-order valence-electron chi connectivity index (χ0n) is 6.42. The van der Waals surface area contributed by atoms with Crippen LogP contribution in [0, 0.1) is 0 Å². The molecule has 0 aromatic carbocycles. The summed E-state index contributed by atoms with van der Waals surface area (Å²) in [5.41, 5.74) is 0. The first-order chi connectivity index (χ1) is 4.33. The molecule has 1 aliphatic heterocycles. The minimum atomic E-state index is 0. The van der Waals surface area contributed by atoms with Crippen molar-refractivity contribution in [3.8, 4) is 0 Å². The lowest BCUT2D eigenvalue weighted by molar-refractivity contribution is -0.122. The molecule has 1 amide bonds. The van der Waals surface area contributed by atoms with E-state index in [0.717, 1.165) is 13.0 Å². The molecule has 0 saturated carbocycles. The van der Waals surface area contributed by atoms with E-state index in [0.29, 0.717) is 12.5 Å². The minimum absolute atomic E-state index is 0. The van der Waals surface area contributed by atoms with E-state index in [-0.39, 0.29) is 30.7 Å². The highest BCUT2D eigenvalue weighted by Crippen LogP contribution is 2.00. The average Bonchev–Trinajstić information content (AvgIpc) is 1.90. The van der Waals surface area contributed by atoms with E-state index in [4.69, 9.17) is 0 Å². The molecule has 0 aromatic rings. The van der Waals surface area contributed by atoms with E-state index in [1.54, 1.807) is 0 Å². The Balaban J connectivity index is 0. The van der Waals surface area contributed by atoms with Crippen molar-refractivity contribution in [3.63, 3.8) is 0 Å². The van der Waals surface area contributed by atoms with Gasteiger partial charge in [-0.15, -0.1) is 24.8 Å². The fourth-order valence-corrected chi connectivity index (χ4v) is 0.979. The van der Waals surface area contributed by atoms with Crippen LogP contribution in [0.15, 0.2) is 0 Å². The van der Waals surface area contributed by atoms with Gasteiger partial charge in [-0.3, -0.25) is 4.79 Å². The molecule has 0 bridgehead atoms. The second kappa shape index (κ2) is 6.70. The molecule has 0 aliphatic carbocycles. The molecule has 5 heteroatoms. The normalized spacial score (nSPS) is 22.6. The van der Waals surface area contributed by atoms with Gasteiger partial charge < -0.3 is 10.6 Å². The molecule has 1 heterocycles. The molecule has 3 nitrogen and oxygen atoms in total. The number of rotatable bonds is 1. The van der Waals surface area contributed by atoms with Gasteiger partial charge in [0.2, 0.25) is 5.91 Å². The lowest BCUT2D eigenvalue weighted by Crippen LogP contribution is -2.44. The molecule has 68 valence electrons. The third-order valence-corrected chi connectivity index (χ3v) is 1.67. The number of halogens is 2. The molecule has 1 rings (SSSR count). The Morgan fingerprint density at radius 1 is 1.55 bits per heavy atom. The highest BCUT2D eigenvalue weighted by Gasteiger charge is 2.14. The number of carbonyl (C=O) groups excluding carboxylic acids is 1. The molecule has 0 radical (unpaired) electrons. The van der Waals surface area contributed by atoms with Crippen molar-refractivity contribution in [2.45, 2.75) is 18.9 Å². The topological polar surface area (TPSA) is 41.1 Å². The molecule has 1 aliphatic rings. The zero-order valence-corrected chi connectivity index (χ0v) is 8.06. The third kappa shape index (κ3) is 4.45. The van der Waals surface area contributed by atoms with Crippen molar-refractivity contribution in [2.75, 3.05) is 13.6 Å². The monoisotopic (exact) mass is 200 g/mol. The van der Waals surface area contributed by atoms with Gasteiger partial charge in [0.15, 0.2) is 0 Å². The van der Waals surface area contributed by atoms with Crippen molar-refractivity contribution in [3.05, 3.63) is 0 Å². The van der Waals surface area contributed by atoms with Gasteiger partial charge in [0, 0.05) is 19.0 Å². The third-order valence-electron chi connectivity index (χ3n) is 1.67. The first kappa shape index (κ1) is 13.6. The molecular formula is C6H14Cl2N2O. The number of carbonyl (C=O) groups is 1. The van der Waals surface area contributed by atoms with Gasteiger partial charge in [0.25, 0.3) is 0 Å². The SMILES string of the molecule is CNC1CCC(=O)NC1.Cl.Cl. The molecule has 0 spiro atoms. The summed E-state index contributed by atoms with van der Waals surface area (Å²) in [6, 6.07) is 0.489. The number of nitrogens with one attached hydrogen (secondary N) is 2. The maximum atomic E-state index is 10.6. The van der Waals surface area contributed by atoms with E-state index >= 15 is 0 Å². The van der Waals surface area contributed by atoms with Crippen molar-refractivity contribution in [1.82, 2.24) is 10.6 Å². The molecular weight excluding hydrogens is 187 g/mol. The maximum Gasteiger partial charge on any atom is 0.220 e. The fourth-order valence-electron chi connectivity index (χ4n) is 0.979. The summed E-state index contributed by atoms with van der Waals surface area (Å²) in [5.74, 6) is 0.182. The van der Waals surface area contributed by atoms with Crippen molar-refractivity contribution >= 4 is 30.7 Å². The molecule has 0 aromatic heterocycles. The Kier molecular flexibility index (Phi) is 8.28. The quantitative estimate of drug-likeness (QED) is 0.641.